The monoisotopic (exact) mass is 802 g/mol. The van der Waals surface area contributed by atoms with Gasteiger partial charge in [0, 0.05) is 6.42 Å². The second kappa shape index (κ2) is 38.7. The number of hydrogen-bond acceptors (Lipinski definition) is 5. The van der Waals surface area contributed by atoms with Gasteiger partial charge in [-0.1, -0.05) is 199 Å². The van der Waals surface area contributed by atoms with Crippen LogP contribution >= 0.6 is 7.82 Å². The molecule has 0 rings (SSSR count). The molecule has 0 aliphatic carbocycles. The summed E-state index contributed by atoms with van der Waals surface area (Å²) in [4.78, 5) is 23.1. The summed E-state index contributed by atoms with van der Waals surface area (Å²) in [5, 5.41) is 14.0. The van der Waals surface area contributed by atoms with Crippen LogP contribution in [0.4, 0.5) is 0 Å². The zero-order chi connectivity index (χ0) is 40.7. The maximum absolute atomic E-state index is 12.8. The molecule has 0 fully saturated rings. The number of unbranched alkanes of at least 4 members (excludes halogenated alkanes) is 28. The Labute approximate surface area is 342 Å². The van der Waals surface area contributed by atoms with Gasteiger partial charge < -0.3 is 19.8 Å². The summed E-state index contributed by atoms with van der Waals surface area (Å²) in [6.07, 6.45) is 43.9. The molecule has 0 bridgehead atoms. The quantitative estimate of drug-likeness (QED) is 0.0245. The molecule has 0 aromatic heterocycles. The first-order valence-corrected chi connectivity index (χ1v) is 25.0. The van der Waals surface area contributed by atoms with Gasteiger partial charge in [-0.3, -0.25) is 13.8 Å². The van der Waals surface area contributed by atoms with Crippen LogP contribution in [0.25, 0.3) is 0 Å². The summed E-state index contributed by atoms with van der Waals surface area (Å²) in [5.41, 5.74) is 0. The van der Waals surface area contributed by atoms with Gasteiger partial charge in [0.25, 0.3) is 0 Å². The van der Waals surface area contributed by atoms with E-state index >= 15 is 0 Å². The minimum atomic E-state index is -4.31. The average Bonchev–Trinajstić information content (AvgIpc) is 3.13. The summed E-state index contributed by atoms with van der Waals surface area (Å²) < 4.78 is 23.6. The zero-order valence-corrected chi connectivity index (χ0v) is 38.1. The van der Waals surface area contributed by atoms with Crippen LogP contribution in [0.1, 0.15) is 226 Å². The number of phosphoric ester groups is 1. The number of likely N-dealkylation sites (N-methyl/N-ethyl adjacent to an activating group) is 1. The second-order valence-electron chi connectivity index (χ2n) is 17.5. The van der Waals surface area contributed by atoms with Crippen LogP contribution in [0.5, 0.6) is 0 Å². The van der Waals surface area contributed by atoms with Gasteiger partial charge in [0.1, 0.15) is 13.2 Å². The van der Waals surface area contributed by atoms with Crippen LogP contribution in [-0.2, 0) is 18.4 Å². The van der Waals surface area contributed by atoms with E-state index in [2.05, 4.69) is 31.3 Å². The Morgan fingerprint density at radius 3 is 1.45 bits per heavy atom. The Hall–Kier alpha value is -0.760. The Kier molecular flexibility index (Phi) is 38.2. The lowest BCUT2D eigenvalue weighted by Gasteiger charge is -2.26. The molecule has 0 heterocycles. The van der Waals surface area contributed by atoms with Gasteiger partial charge in [-0.15, -0.1) is 0 Å². The van der Waals surface area contributed by atoms with E-state index in [1.165, 1.54) is 148 Å². The maximum atomic E-state index is 12.8. The molecule has 3 N–H and O–H groups in total. The molecule has 0 saturated heterocycles. The zero-order valence-electron chi connectivity index (χ0n) is 37.2. The third-order valence-electron chi connectivity index (χ3n) is 10.8. The Bertz CT molecular complexity index is 911. The van der Waals surface area contributed by atoms with E-state index in [0.717, 1.165) is 51.4 Å². The number of phosphoric acid groups is 1. The normalized spacial score (nSPS) is 14.4. The Balaban J connectivity index is 4.21. The Morgan fingerprint density at radius 1 is 0.600 bits per heavy atom. The summed E-state index contributed by atoms with van der Waals surface area (Å²) >= 11 is 0. The van der Waals surface area contributed by atoms with Crippen LogP contribution < -0.4 is 5.32 Å². The van der Waals surface area contributed by atoms with Crippen LogP contribution in [0.15, 0.2) is 12.2 Å². The molecule has 3 unspecified atom stereocenters. The molecule has 1 amide bonds. The highest BCUT2D eigenvalue weighted by atomic mass is 31.2. The molecule has 328 valence electrons. The molecule has 8 nitrogen and oxygen atoms in total. The molecule has 3 atom stereocenters. The highest BCUT2D eigenvalue weighted by Crippen LogP contribution is 2.43. The van der Waals surface area contributed by atoms with Crippen molar-refractivity contribution < 1.29 is 32.9 Å². The first-order chi connectivity index (χ1) is 26.5. The number of quaternary nitrogens is 1. The van der Waals surface area contributed by atoms with E-state index in [9.17, 15) is 19.4 Å². The van der Waals surface area contributed by atoms with Crippen LogP contribution in [0.2, 0.25) is 0 Å². The van der Waals surface area contributed by atoms with E-state index in [1.54, 1.807) is 0 Å². The number of nitrogens with zero attached hydrogens (tertiary/aromatic N) is 1. The van der Waals surface area contributed by atoms with Crippen LogP contribution in [-0.4, -0.2) is 73.4 Å². The first-order valence-electron chi connectivity index (χ1n) is 23.6. The molecular formula is C46H94N2O6P+. The third-order valence-corrected chi connectivity index (χ3v) is 11.7. The molecule has 0 aliphatic rings. The largest absolute Gasteiger partial charge is 0.472 e. The van der Waals surface area contributed by atoms with E-state index in [-0.39, 0.29) is 19.1 Å². The van der Waals surface area contributed by atoms with Gasteiger partial charge in [0.05, 0.1) is 39.9 Å². The fourth-order valence-electron chi connectivity index (χ4n) is 6.97. The molecule has 55 heavy (non-hydrogen) atoms. The lowest BCUT2D eigenvalue weighted by atomic mass is 10.0. The first kappa shape index (κ1) is 54.2. The Morgan fingerprint density at radius 2 is 1.00 bits per heavy atom. The van der Waals surface area contributed by atoms with Crippen molar-refractivity contribution in [1.82, 2.24) is 5.32 Å². The molecule has 0 aromatic carbocycles. The van der Waals surface area contributed by atoms with Crippen molar-refractivity contribution in [3.63, 3.8) is 0 Å². The van der Waals surface area contributed by atoms with Gasteiger partial charge in [0.15, 0.2) is 0 Å². The topological polar surface area (TPSA) is 105 Å². The lowest BCUT2D eigenvalue weighted by molar-refractivity contribution is -0.870. The van der Waals surface area contributed by atoms with Gasteiger partial charge >= 0.3 is 7.82 Å². The number of rotatable bonds is 43. The fraction of sp³-hybridized carbons (Fsp3) is 0.935. The number of carbonyl (C=O) groups is 1. The van der Waals surface area contributed by atoms with E-state index < -0.39 is 20.0 Å². The van der Waals surface area contributed by atoms with E-state index in [0.29, 0.717) is 23.9 Å². The minimum Gasteiger partial charge on any atom is -0.391 e. The minimum absolute atomic E-state index is 0.0749. The molecule has 0 saturated carbocycles. The summed E-state index contributed by atoms with van der Waals surface area (Å²) in [6.45, 7) is 4.86. The highest BCUT2D eigenvalue weighted by molar-refractivity contribution is 7.47. The molecule has 0 aromatic rings. The average molecular weight is 802 g/mol. The number of allylic oxidation sites excluding steroid dienone is 2. The third kappa shape index (κ3) is 41.2. The predicted octanol–water partition coefficient (Wildman–Crippen LogP) is 13.1. The highest BCUT2D eigenvalue weighted by Gasteiger charge is 2.28. The number of aliphatic hydroxyl groups excluding tert-OH is 1. The molecule has 0 radical (unpaired) electrons. The van der Waals surface area contributed by atoms with Crippen molar-refractivity contribution in [2.75, 3.05) is 40.9 Å². The van der Waals surface area contributed by atoms with Gasteiger partial charge in [0.2, 0.25) is 5.91 Å². The standard InChI is InChI=1S/C46H93N2O6P/c1-6-8-10-12-14-16-18-19-20-21-22-23-24-25-26-27-28-30-31-33-35-37-39-45(49)44(43-54-55(51,52)53-42-41-48(3,4)5)47-46(50)40-38-36-34-32-29-17-15-13-11-9-7-2/h13,15,44-45,49H,6-12,14,16-43H2,1-5H3,(H-,47,50,51,52)/p+1/b15-13-. The van der Waals surface area contributed by atoms with Crippen molar-refractivity contribution in [3.05, 3.63) is 12.2 Å². The van der Waals surface area contributed by atoms with Crippen LogP contribution in [0.3, 0.4) is 0 Å². The number of carbonyl (C=O) groups excluding carboxylic acids is 1. The van der Waals surface area contributed by atoms with Crippen molar-refractivity contribution in [2.24, 2.45) is 0 Å². The number of nitrogens with one attached hydrogen (secondary N) is 1. The molecule has 9 heteroatoms. The molecular weight excluding hydrogens is 707 g/mol. The van der Waals surface area contributed by atoms with Crippen LogP contribution in [0, 0.1) is 0 Å². The van der Waals surface area contributed by atoms with E-state index in [1.807, 2.05) is 21.1 Å². The summed E-state index contributed by atoms with van der Waals surface area (Å²) in [6, 6.07) is -0.760. The predicted molar refractivity (Wildman–Crippen MR) is 235 cm³/mol. The number of amides is 1. The molecule has 0 aliphatic heterocycles. The van der Waals surface area contributed by atoms with Crippen molar-refractivity contribution in [2.45, 2.75) is 238 Å². The van der Waals surface area contributed by atoms with Crippen molar-refractivity contribution in [3.8, 4) is 0 Å². The van der Waals surface area contributed by atoms with Crippen molar-refractivity contribution >= 4 is 13.7 Å². The smallest absolute Gasteiger partial charge is 0.391 e. The van der Waals surface area contributed by atoms with Gasteiger partial charge in [-0.2, -0.15) is 0 Å². The number of hydrogen-bond donors (Lipinski definition) is 3. The van der Waals surface area contributed by atoms with Gasteiger partial charge in [-0.25, -0.2) is 4.57 Å². The summed E-state index contributed by atoms with van der Waals surface area (Å²) in [5.74, 6) is -0.153. The van der Waals surface area contributed by atoms with E-state index in [4.69, 9.17) is 9.05 Å². The van der Waals surface area contributed by atoms with Crippen molar-refractivity contribution in [1.29, 1.82) is 0 Å². The number of aliphatic hydroxyl groups is 1. The SMILES string of the molecule is CCCC/C=C\CCCCCCCC(=O)NC(COP(=O)(O)OCC[N+](C)(C)C)C(O)CCCCCCCCCCCCCCCCCCCCCCCC. The van der Waals surface area contributed by atoms with Gasteiger partial charge in [-0.05, 0) is 32.1 Å². The molecule has 0 spiro atoms. The summed E-state index contributed by atoms with van der Waals surface area (Å²) in [7, 11) is 1.62. The second-order valence-corrected chi connectivity index (χ2v) is 18.9. The fourth-order valence-corrected chi connectivity index (χ4v) is 7.70. The lowest BCUT2D eigenvalue weighted by Crippen LogP contribution is -2.46. The maximum Gasteiger partial charge on any atom is 0.472 e.